The highest BCUT2D eigenvalue weighted by Gasteiger charge is 2.06. The summed E-state index contributed by atoms with van der Waals surface area (Å²) in [6.07, 6.45) is 3.85. The number of anilines is 1. The van der Waals surface area contributed by atoms with E-state index in [0.29, 0.717) is 11.4 Å². The summed E-state index contributed by atoms with van der Waals surface area (Å²) in [7, 11) is 0. The van der Waals surface area contributed by atoms with Gasteiger partial charge in [-0.15, -0.1) is 0 Å². The number of amides is 1. The molecule has 0 aliphatic heterocycles. The zero-order valence-electron chi connectivity index (χ0n) is 11.4. The van der Waals surface area contributed by atoms with E-state index < -0.39 is 0 Å². The fourth-order valence-corrected chi connectivity index (χ4v) is 1.08. The maximum absolute atomic E-state index is 11.5. The largest absolute Gasteiger partial charge is 0.308 e. The fourth-order valence-electron chi connectivity index (χ4n) is 1.08. The number of hydrogen-bond acceptors (Lipinski definition) is 3. The summed E-state index contributed by atoms with van der Waals surface area (Å²) in [5.74, 6) is 0.187. The van der Waals surface area contributed by atoms with E-state index in [1.165, 1.54) is 6.42 Å². The maximum Gasteiger partial charge on any atom is 0.258 e. The Morgan fingerprint density at radius 3 is 2.50 bits per heavy atom. The standard InChI is InChI=1S/C11H13N3O.C3H8/c1-3-9(7-12)11(15)14-10-6-4-5-8(2)13-10;1-3-2/h3-7,12H,1-2H3,(H,13,14,15);3H2,1-2H3/b9-3+,12-7?;. The van der Waals surface area contributed by atoms with Crippen LogP contribution in [0.25, 0.3) is 0 Å². The van der Waals surface area contributed by atoms with Crippen molar-refractivity contribution in [2.24, 2.45) is 0 Å². The number of nitrogens with zero attached hydrogens (tertiary/aromatic N) is 1. The van der Waals surface area contributed by atoms with Crippen LogP contribution in [0.2, 0.25) is 0 Å². The van der Waals surface area contributed by atoms with Crippen LogP contribution >= 0.6 is 0 Å². The third-order valence-electron chi connectivity index (χ3n) is 1.86. The van der Waals surface area contributed by atoms with Crippen molar-refractivity contribution in [1.82, 2.24) is 4.98 Å². The molecule has 0 fully saturated rings. The van der Waals surface area contributed by atoms with Crippen molar-refractivity contribution in [1.29, 1.82) is 5.41 Å². The molecule has 0 saturated carbocycles. The average Bonchev–Trinajstić information content (AvgIpc) is 2.31. The number of nitrogens with one attached hydrogen (secondary N) is 2. The van der Waals surface area contributed by atoms with Gasteiger partial charge in [-0.2, -0.15) is 0 Å². The van der Waals surface area contributed by atoms with Crippen LogP contribution in [0, 0.1) is 12.3 Å². The van der Waals surface area contributed by atoms with Crippen LogP contribution in [0.3, 0.4) is 0 Å². The summed E-state index contributed by atoms with van der Waals surface area (Å²) < 4.78 is 0. The van der Waals surface area contributed by atoms with Gasteiger partial charge in [-0.1, -0.05) is 32.4 Å². The number of aryl methyl sites for hydroxylation is 1. The molecule has 18 heavy (non-hydrogen) atoms. The lowest BCUT2D eigenvalue weighted by molar-refractivity contribution is -0.112. The zero-order valence-corrected chi connectivity index (χ0v) is 11.4. The molecule has 2 N–H and O–H groups in total. The second-order valence-corrected chi connectivity index (χ2v) is 3.71. The number of carbonyl (C=O) groups excluding carboxylic acids is 1. The Morgan fingerprint density at radius 1 is 1.44 bits per heavy atom. The predicted molar refractivity (Wildman–Crippen MR) is 76.1 cm³/mol. The van der Waals surface area contributed by atoms with Gasteiger partial charge in [0.1, 0.15) is 5.82 Å². The van der Waals surface area contributed by atoms with Crippen LogP contribution in [0.15, 0.2) is 29.8 Å². The van der Waals surface area contributed by atoms with Gasteiger partial charge in [0.05, 0.1) is 5.57 Å². The van der Waals surface area contributed by atoms with Crippen molar-refractivity contribution in [3.8, 4) is 0 Å². The first-order chi connectivity index (χ1) is 8.58. The third-order valence-corrected chi connectivity index (χ3v) is 1.86. The molecule has 0 bridgehead atoms. The number of pyridine rings is 1. The smallest absolute Gasteiger partial charge is 0.258 e. The van der Waals surface area contributed by atoms with Crippen LogP contribution in [0.1, 0.15) is 32.9 Å². The van der Waals surface area contributed by atoms with E-state index in [2.05, 4.69) is 24.1 Å². The molecular formula is C14H21N3O. The van der Waals surface area contributed by atoms with Crippen molar-refractivity contribution >= 4 is 17.9 Å². The molecule has 0 saturated heterocycles. The van der Waals surface area contributed by atoms with Gasteiger partial charge in [-0.05, 0) is 26.0 Å². The van der Waals surface area contributed by atoms with Gasteiger partial charge in [-0.3, -0.25) is 4.79 Å². The first-order valence-electron chi connectivity index (χ1n) is 6.00. The number of rotatable bonds is 3. The first kappa shape index (κ1) is 16.0. The second kappa shape index (κ2) is 9.10. The molecule has 0 unspecified atom stereocenters. The number of carbonyl (C=O) groups is 1. The highest BCUT2D eigenvalue weighted by atomic mass is 16.1. The molecule has 1 aromatic heterocycles. The van der Waals surface area contributed by atoms with Crippen molar-refractivity contribution in [2.45, 2.75) is 34.1 Å². The van der Waals surface area contributed by atoms with Gasteiger partial charge in [0, 0.05) is 11.9 Å². The minimum atomic E-state index is -0.314. The first-order valence-corrected chi connectivity index (χ1v) is 6.00. The molecule has 0 radical (unpaired) electrons. The molecule has 0 atom stereocenters. The van der Waals surface area contributed by atoms with E-state index in [1.54, 1.807) is 19.1 Å². The number of hydrogen-bond donors (Lipinski definition) is 2. The average molecular weight is 247 g/mol. The normalized spacial score (nSPS) is 10.1. The maximum atomic E-state index is 11.5. The predicted octanol–water partition coefficient (Wildman–Crippen LogP) is 3.34. The molecular weight excluding hydrogens is 226 g/mol. The lowest BCUT2D eigenvalue weighted by Crippen LogP contribution is -2.15. The van der Waals surface area contributed by atoms with E-state index >= 15 is 0 Å². The molecule has 0 aliphatic carbocycles. The number of allylic oxidation sites excluding steroid dienone is 1. The van der Waals surface area contributed by atoms with Gasteiger partial charge in [0.2, 0.25) is 0 Å². The summed E-state index contributed by atoms with van der Waals surface area (Å²) in [4.78, 5) is 15.6. The molecule has 1 rings (SSSR count). The number of aromatic nitrogens is 1. The Bertz CT molecular complexity index is 425. The Balaban J connectivity index is 0.000000873. The summed E-state index contributed by atoms with van der Waals surface area (Å²) in [5, 5.41) is 9.64. The highest BCUT2D eigenvalue weighted by Crippen LogP contribution is 2.05. The van der Waals surface area contributed by atoms with Gasteiger partial charge in [0.15, 0.2) is 0 Å². The molecule has 0 spiro atoms. The van der Waals surface area contributed by atoms with Crippen molar-refractivity contribution in [2.75, 3.05) is 5.32 Å². The Morgan fingerprint density at radius 2 is 2.06 bits per heavy atom. The summed E-state index contributed by atoms with van der Waals surface area (Å²) in [6, 6.07) is 5.38. The topological polar surface area (TPSA) is 65.8 Å². The van der Waals surface area contributed by atoms with Crippen molar-refractivity contribution < 1.29 is 4.79 Å². The molecule has 4 heteroatoms. The van der Waals surface area contributed by atoms with Gasteiger partial charge in [-0.25, -0.2) is 4.98 Å². The monoisotopic (exact) mass is 247 g/mol. The van der Waals surface area contributed by atoms with Crippen molar-refractivity contribution in [3.63, 3.8) is 0 Å². The van der Waals surface area contributed by atoms with Crippen molar-refractivity contribution in [3.05, 3.63) is 35.5 Å². The quantitative estimate of drug-likeness (QED) is 0.635. The molecule has 1 amide bonds. The van der Waals surface area contributed by atoms with Crippen LogP contribution < -0.4 is 5.32 Å². The SMILES string of the molecule is C/C=C(\C=N)C(=O)Nc1cccc(C)n1.CCC. The lowest BCUT2D eigenvalue weighted by atomic mass is 10.2. The van der Waals surface area contributed by atoms with Crippen LogP contribution in [0.5, 0.6) is 0 Å². The Kier molecular flexibility index (Phi) is 8.10. The highest BCUT2D eigenvalue weighted by molar-refractivity contribution is 6.16. The van der Waals surface area contributed by atoms with E-state index in [-0.39, 0.29) is 5.91 Å². The summed E-state index contributed by atoms with van der Waals surface area (Å²) in [5.41, 5.74) is 1.16. The van der Waals surface area contributed by atoms with Crippen LogP contribution in [-0.2, 0) is 4.79 Å². The molecule has 1 heterocycles. The van der Waals surface area contributed by atoms with Gasteiger partial charge < -0.3 is 10.7 Å². The van der Waals surface area contributed by atoms with Gasteiger partial charge >= 0.3 is 0 Å². The molecule has 0 aromatic carbocycles. The Hall–Kier alpha value is -1.97. The van der Waals surface area contributed by atoms with E-state index in [4.69, 9.17) is 5.41 Å². The van der Waals surface area contributed by atoms with E-state index in [0.717, 1.165) is 11.9 Å². The zero-order chi connectivity index (χ0) is 14.0. The second-order valence-electron chi connectivity index (χ2n) is 3.71. The minimum absolute atomic E-state index is 0.314. The van der Waals surface area contributed by atoms with Crippen LogP contribution in [0.4, 0.5) is 5.82 Å². The molecule has 4 nitrogen and oxygen atoms in total. The third kappa shape index (κ3) is 5.94. The summed E-state index contributed by atoms with van der Waals surface area (Å²) >= 11 is 0. The Labute approximate surface area is 109 Å². The minimum Gasteiger partial charge on any atom is -0.308 e. The fraction of sp³-hybridized carbons (Fsp3) is 0.357. The molecule has 1 aromatic rings. The molecule has 98 valence electrons. The van der Waals surface area contributed by atoms with Crippen LogP contribution in [-0.4, -0.2) is 17.1 Å². The van der Waals surface area contributed by atoms with E-state index in [9.17, 15) is 4.79 Å². The lowest BCUT2D eigenvalue weighted by Gasteiger charge is -2.04. The van der Waals surface area contributed by atoms with E-state index in [1.807, 2.05) is 19.1 Å². The van der Waals surface area contributed by atoms with Gasteiger partial charge in [0.25, 0.3) is 5.91 Å². The summed E-state index contributed by atoms with van der Waals surface area (Å²) in [6.45, 7) is 7.81. The molecule has 0 aliphatic rings.